The molecule has 0 aliphatic carbocycles. The van der Waals surface area contributed by atoms with Crippen LogP contribution in [0.4, 0.5) is 13.2 Å². The van der Waals surface area contributed by atoms with Crippen LogP contribution in [0.1, 0.15) is 11.1 Å². The highest BCUT2D eigenvalue weighted by molar-refractivity contribution is 5.88. The molecule has 0 aliphatic rings. The number of ether oxygens (including phenoxy) is 2. The Labute approximate surface area is 176 Å². The Kier molecular flexibility index (Phi) is 8.56. The van der Waals surface area contributed by atoms with Crippen molar-refractivity contribution in [1.82, 2.24) is 5.32 Å². The summed E-state index contributed by atoms with van der Waals surface area (Å²) >= 11 is 0. The topological polar surface area (TPSA) is 108 Å². The molecule has 0 fully saturated rings. The Hall–Kier alpha value is -3.40. The normalized spacial score (nSPS) is 13.0. The van der Waals surface area contributed by atoms with Gasteiger partial charge in [0, 0.05) is 0 Å². The molecular formula is C21H21F3N2O5. The first-order valence-electron chi connectivity index (χ1n) is 9.21. The molecule has 0 aromatic heterocycles. The van der Waals surface area contributed by atoms with Gasteiger partial charge in [0.2, 0.25) is 5.91 Å². The van der Waals surface area contributed by atoms with Gasteiger partial charge >= 0.3 is 18.1 Å². The number of hydrogen-bond acceptors (Lipinski definition) is 6. The predicted molar refractivity (Wildman–Crippen MR) is 103 cm³/mol. The summed E-state index contributed by atoms with van der Waals surface area (Å²) in [6.07, 6.45) is -5.12. The first-order valence-corrected chi connectivity index (χ1v) is 9.21. The molecule has 0 heterocycles. The highest BCUT2D eigenvalue weighted by Gasteiger charge is 2.42. The van der Waals surface area contributed by atoms with E-state index in [9.17, 15) is 27.6 Å². The summed E-state index contributed by atoms with van der Waals surface area (Å²) in [6.45, 7) is -1.24. The van der Waals surface area contributed by atoms with Crippen LogP contribution < -0.4 is 11.1 Å². The first-order chi connectivity index (χ1) is 14.7. The van der Waals surface area contributed by atoms with Crippen molar-refractivity contribution < 1.29 is 37.0 Å². The average molecular weight is 438 g/mol. The standard InChI is InChI=1S/C21H21F3N2O5/c22-21(23,24)20(29)31-13-17(19(28)30-12-15-9-5-2-6-10-15)26-18(27)16(25)11-14-7-3-1-4-8-14/h1-10,16-17H,11-13,25H2,(H,26,27)/t16-,17-/m0/s1. The zero-order valence-corrected chi connectivity index (χ0v) is 16.3. The number of esters is 2. The molecule has 31 heavy (non-hydrogen) atoms. The molecule has 2 rings (SSSR count). The number of hydrogen-bond donors (Lipinski definition) is 2. The summed E-state index contributed by atoms with van der Waals surface area (Å²) in [4.78, 5) is 35.7. The van der Waals surface area contributed by atoms with Crippen LogP contribution in [0, 0.1) is 0 Å². The van der Waals surface area contributed by atoms with Crippen molar-refractivity contribution in [3.05, 3.63) is 71.8 Å². The van der Waals surface area contributed by atoms with Gasteiger partial charge in [-0.1, -0.05) is 60.7 Å². The van der Waals surface area contributed by atoms with E-state index in [1.54, 1.807) is 60.7 Å². The van der Waals surface area contributed by atoms with Crippen LogP contribution in [0.15, 0.2) is 60.7 Å². The summed E-state index contributed by atoms with van der Waals surface area (Å²) in [5.74, 6) is -4.37. The quantitative estimate of drug-likeness (QED) is 0.579. The maximum Gasteiger partial charge on any atom is 0.490 e. The van der Waals surface area contributed by atoms with E-state index in [0.29, 0.717) is 5.56 Å². The Morgan fingerprint density at radius 1 is 0.903 bits per heavy atom. The fourth-order valence-electron chi connectivity index (χ4n) is 2.48. The number of alkyl halides is 3. The lowest BCUT2D eigenvalue weighted by Crippen LogP contribution is -2.52. The maximum absolute atomic E-state index is 12.4. The minimum Gasteiger partial charge on any atom is -0.459 e. The summed E-state index contributed by atoms with van der Waals surface area (Å²) in [6, 6.07) is 14.5. The molecule has 7 nitrogen and oxygen atoms in total. The van der Waals surface area contributed by atoms with Crippen LogP contribution in [0.25, 0.3) is 0 Å². The minimum atomic E-state index is -5.24. The van der Waals surface area contributed by atoms with Gasteiger partial charge in [-0.05, 0) is 17.5 Å². The van der Waals surface area contributed by atoms with Crippen molar-refractivity contribution in [1.29, 1.82) is 0 Å². The predicted octanol–water partition coefficient (Wildman–Crippen LogP) is 1.89. The van der Waals surface area contributed by atoms with Gasteiger partial charge in [0.1, 0.15) is 13.2 Å². The van der Waals surface area contributed by atoms with E-state index in [4.69, 9.17) is 10.5 Å². The third-order valence-electron chi connectivity index (χ3n) is 4.07. The van der Waals surface area contributed by atoms with E-state index in [0.717, 1.165) is 5.56 Å². The molecule has 166 valence electrons. The second-order valence-electron chi connectivity index (χ2n) is 6.55. The van der Waals surface area contributed by atoms with Gasteiger partial charge in [-0.3, -0.25) is 4.79 Å². The Bertz CT molecular complexity index is 876. The molecule has 0 saturated carbocycles. The number of nitrogens with one attached hydrogen (secondary N) is 1. The molecule has 0 unspecified atom stereocenters. The van der Waals surface area contributed by atoms with Crippen molar-refractivity contribution in [2.24, 2.45) is 5.73 Å². The Balaban J connectivity index is 2.01. The number of rotatable bonds is 9. The van der Waals surface area contributed by atoms with Crippen molar-refractivity contribution in [2.45, 2.75) is 31.3 Å². The lowest BCUT2D eigenvalue weighted by molar-refractivity contribution is -0.200. The third-order valence-corrected chi connectivity index (χ3v) is 4.07. The summed E-state index contributed by atoms with van der Waals surface area (Å²) in [7, 11) is 0. The fourth-order valence-corrected chi connectivity index (χ4v) is 2.48. The molecule has 2 aromatic carbocycles. The molecule has 0 radical (unpaired) electrons. The number of carbonyl (C=O) groups is 3. The SMILES string of the molecule is N[C@@H](Cc1ccccc1)C(=O)N[C@@H](COC(=O)C(F)(F)F)C(=O)OCc1ccccc1. The molecular weight excluding hydrogens is 417 g/mol. The summed E-state index contributed by atoms with van der Waals surface area (Å²) in [5, 5.41) is 2.20. The molecule has 2 atom stereocenters. The van der Waals surface area contributed by atoms with E-state index >= 15 is 0 Å². The monoisotopic (exact) mass is 438 g/mol. The second kappa shape index (κ2) is 11.1. The number of amides is 1. The van der Waals surface area contributed by atoms with Gasteiger partial charge in [-0.15, -0.1) is 0 Å². The van der Waals surface area contributed by atoms with Crippen LogP contribution in [0.2, 0.25) is 0 Å². The molecule has 1 amide bonds. The zero-order valence-electron chi connectivity index (χ0n) is 16.3. The second-order valence-corrected chi connectivity index (χ2v) is 6.55. The first kappa shape index (κ1) is 23.9. The van der Waals surface area contributed by atoms with Gasteiger partial charge in [0.05, 0.1) is 6.04 Å². The number of carbonyl (C=O) groups excluding carboxylic acids is 3. The summed E-state index contributed by atoms with van der Waals surface area (Å²) < 4.78 is 46.4. The average Bonchev–Trinajstić information content (AvgIpc) is 2.75. The lowest BCUT2D eigenvalue weighted by Gasteiger charge is -2.20. The zero-order chi connectivity index (χ0) is 22.9. The third kappa shape index (κ3) is 8.09. The van der Waals surface area contributed by atoms with Gasteiger partial charge in [-0.2, -0.15) is 13.2 Å². The van der Waals surface area contributed by atoms with Crippen LogP contribution in [0.5, 0.6) is 0 Å². The molecule has 0 aliphatic heterocycles. The highest BCUT2D eigenvalue weighted by atomic mass is 19.4. The molecule has 0 bridgehead atoms. The van der Waals surface area contributed by atoms with Gasteiger partial charge in [0.15, 0.2) is 6.04 Å². The van der Waals surface area contributed by atoms with Crippen molar-refractivity contribution >= 4 is 17.8 Å². The minimum absolute atomic E-state index is 0.126. The van der Waals surface area contributed by atoms with E-state index in [-0.39, 0.29) is 13.0 Å². The van der Waals surface area contributed by atoms with E-state index in [2.05, 4.69) is 10.1 Å². The fraction of sp³-hybridized carbons (Fsp3) is 0.286. The molecule has 10 heteroatoms. The van der Waals surface area contributed by atoms with E-state index < -0.39 is 42.7 Å². The van der Waals surface area contributed by atoms with Gasteiger partial charge in [-0.25, -0.2) is 9.59 Å². The number of halogens is 3. The van der Waals surface area contributed by atoms with E-state index in [1.165, 1.54) is 0 Å². The number of nitrogens with two attached hydrogens (primary N) is 1. The molecule has 0 spiro atoms. The number of benzene rings is 2. The van der Waals surface area contributed by atoms with Crippen molar-refractivity contribution in [3.8, 4) is 0 Å². The van der Waals surface area contributed by atoms with Crippen LogP contribution in [0.3, 0.4) is 0 Å². The van der Waals surface area contributed by atoms with Crippen LogP contribution in [-0.4, -0.2) is 42.7 Å². The summed E-state index contributed by atoms with van der Waals surface area (Å²) in [5.41, 5.74) is 7.20. The van der Waals surface area contributed by atoms with Gasteiger partial charge in [0.25, 0.3) is 0 Å². The lowest BCUT2D eigenvalue weighted by atomic mass is 10.1. The molecule has 2 aromatic rings. The van der Waals surface area contributed by atoms with E-state index in [1.807, 2.05) is 0 Å². The smallest absolute Gasteiger partial charge is 0.459 e. The molecule has 0 saturated heterocycles. The molecule has 3 N–H and O–H groups in total. The Morgan fingerprint density at radius 2 is 1.45 bits per heavy atom. The largest absolute Gasteiger partial charge is 0.490 e. The van der Waals surface area contributed by atoms with Crippen molar-refractivity contribution in [2.75, 3.05) is 6.61 Å². The highest BCUT2D eigenvalue weighted by Crippen LogP contribution is 2.16. The van der Waals surface area contributed by atoms with Gasteiger partial charge < -0.3 is 20.5 Å². The Morgan fingerprint density at radius 3 is 2.00 bits per heavy atom. The van der Waals surface area contributed by atoms with Crippen LogP contribution in [-0.2, 0) is 36.9 Å². The van der Waals surface area contributed by atoms with Crippen molar-refractivity contribution in [3.63, 3.8) is 0 Å². The van der Waals surface area contributed by atoms with Crippen LogP contribution >= 0.6 is 0 Å². The maximum atomic E-state index is 12.4.